The fourth-order valence-electron chi connectivity index (χ4n) is 2.54. The number of rotatable bonds is 3. The van der Waals surface area contributed by atoms with E-state index in [0.717, 1.165) is 11.3 Å². The minimum Gasteiger partial charge on any atom is -0.465 e. The summed E-state index contributed by atoms with van der Waals surface area (Å²) in [6.07, 6.45) is 2.97. The first kappa shape index (κ1) is 15.9. The molecule has 2 rings (SSSR count). The van der Waals surface area contributed by atoms with Crippen molar-refractivity contribution in [1.82, 2.24) is 4.90 Å². The topological polar surface area (TPSA) is 70.1 Å². The second-order valence-electron chi connectivity index (χ2n) is 5.02. The second kappa shape index (κ2) is 6.98. The van der Waals surface area contributed by atoms with Crippen molar-refractivity contribution >= 4 is 23.8 Å². The van der Waals surface area contributed by atoms with Crippen LogP contribution in [0.4, 0.5) is 10.5 Å². The Morgan fingerprint density at radius 2 is 1.91 bits per heavy atom. The normalized spacial score (nSPS) is 15.2. The van der Waals surface area contributed by atoms with Crippen LogP contribution in [0, 0.1) is 0 Å². The van der Waals surface area contributed by atoms with Gasteiger partial charge in [0.15, 0.2) is 0 Å². The molecule has 0 spiro atoms. The lowest BCUT2D eigenvalue weighted by molar-refractivity contribution is 0.0600. The lowest BCUT2D eigenvalue weighted by atomic mass is 10.1. The maximum absolute atomic E-state index is 11.6. The fourth-order valence-corrected chi connectivity index (χ4v) is 2.54. The van der Waals surface area contributed by atoms with Gasteiger partial charge < -0.3 is 19.6 Å². The van der Waals surface area contributed by atoms with Gasteiger partial charge in [0.05, 0.1) is 12.7 Å². The van der Waals surface area contributed by atoms with E-state index in [4.69, 9.17) is 9.84 Å². The molecule has 1 aliphatic heterocycles. The maximum Gasteiger partial charge on any atom is 0.407 e. The number of amides is 1. The Morgan fingerprint density at radius 3 is 2.45 bits per heavy atom. The molecule has 1 amide bonds. The molecule has 1 N–H and O–H groups in total. The summed E-state index contributed by atoms with van der Waals surface area (Å²) in [5, 5.41) is 9.00. The van der Waals surface area contributed by atoms with Crippen LogP contribution in [0.5, 0.6) is 0 Å². The highest BCUT2D eigenvalue weighted by atomic mass is 16.5. The average Bonchev–Trinajstić information content (AvgIpc) is 2.54. The van der Waals surface area contributed by atoms with E-state index in [0.29, 0.717) is 31.7 Å². The SMILES string of the molecule is CC=Cc1cc(C(=O)OC)ccc1N1CCN(C(=O)O)CC1. The van der Waals surface area contributed by atoms with E-state index in [1.807, 2.05) is 25.1 Å². The van der Waals surface area contributed by atoms with E-state index in [1.54, 1.807) is 12.1 Å². The van der Waals surface area contributed by atoms with Crippen molar-refractivity contribution in [2.45, 2.75) is 6.92 Å². The van der Waals surface area contributed by atoms with Crippen molar-refractivity contribution in [3.8, 4) is 0 Å². The van der Waals surface area contributed by atoms with Crippen molar-refractivity contribution < 1.29 is 19.4 Å². The molecule has 1 saturated heterocycles. The molecular formula is C16H20N2O4. The third-order valence-electron chi connectivity index (χ3n) is 3.69. The summed E-state index contributed by atoms with van der Waals surface area (Å²) >= 11 is 0. The van der Waals surface area contributed by atoms with Gasteiger partial charge in [-0.1, -0.05) is 12.2 Å². The van der Waals surface area contributed by atoms with Crippen molar-refractivity contribution in [3.63, 3.8) is 0 Å². The number of esters is 1. The van der Waals surface area contributed by atoms with E-state index in [2.05, 4.69) is 4.90 Å². The Bertz CT molecular complexity index is 590. The molecule has 1 aliphatic rings. The number of carbonyl (C=O) groups excluding carboxylic acids is 1. The standard InChI is InChI=1S/C16H20N2O4/c1-3-4-12-11-13(15(19)22-2)5-6-14(12)17-7-9-18(10-8-17)16(20)21/h3-6,11H,7-10H2,1-2H3,(H,20,21). The third kappa shape index (κ3) is 3.39. The summed E-state index contributed by atoms with van der Waals surface area (Å²) in [5.74, 6) is -0.368. The number of hydrogen-bond acceptors (Lipinski definition) is 4. The molecule has 0 saturated carbocycles. The highest BCUT2D eigenvalue weighted by Gasteiger charge is 2.22. The number of ether oxygens (including phenoxy) is 1. The lowest BCUT2D eigenvalue weighted by Crippen LogP contribution is -2.48. The van der Waals surface area contributed by atoms with E-state index in [-0.39, 0.29) is 5.97 Å². The van der Waals surface area contributed by atoms with Crippen molar-refractivity contribution in [2.24, 2.45) is 0 Å². The first-order valence-corrected chi connectivity index (χ1v) is 7.14. The van der Waals surface area contributed by atoms with Crippen LogP contribution in [0.25, 0.3) is 6.08 Å². The van der Waals surface area contributed by atoms with Gasteiger partial charge in [0.25, 0.3) is 0 Å². The van der Waals surface area contributed by atoms with Gasteiger partial charge in [-0.25, -0.2) is 9.59 Å². The highest BCUT2D eigenvalue weighted by Crippen LogP contribution is 2.25. The van der Waals surface area contributed by atoms with E-state index < -0.39 is 6.09 Å². The van der Waals surface area contributed by atoms with Crippen molar-refractivity contribution in [1.29, 1.82) is 0 Å². The largest absolute Gasteiger partial charge is 0.465 e. The number of benzene rings is 1. The number of hydrogen-bond donors (Lipinski definition) is 1. The number of anilines is 1. The van der Waals surface area contributed by atoms with Gasteiger partial charge in [-0.2, -0.15) is 0 Å². The summed E-state index contributed by atoms with van der Waals surface area (Å²) < 4.78 is 4.75. The monoisotopic (exact) mass is 304 g/mol. The van der Waals surface area contributed by atoms with Crippen LogP contribution < -0.4 is 4.90 Å². The first-order valence-electron chi connectivity index (χ1n) is 7.14. The molecule has 6 heteroatoms. The van der Waals surface area contributed by atoms with Crippen molar-refractivity contribution in [3.05, 3.63) is 35.4 Å². The predicted molar refractivity (Wildman–Crippen MR) is 84.3 cm³/mol. The molecule has 0 radical (unpaired) electrons. The molecule has 22 heavy (non-hydrogen) atoms. The summed E-state index contributed by atoms with van der Waals surface area (Å²) in [6.45, 7) is 4.13. The maximum atomic E-state index is 11.6. The zero-order valence-electron chi connectivity index (χ0n) is 12.8. The minimum absolute atomic E-state index is 0.368. The minimum atomic E-state index is -0.880. The van der Waals surface area contributed by atoms with Gasteiger partial charge in [0.1, 0.15) is 0 Å². The van der Waals surface area contributed by atoms with Gasteiger partial charge in [0, 0.05) is 31.9 Å². The molecule has 118 valence electrons. The lowest BCUT2D eigenvalue weighted by Gasteiger charge is -2.35. The van der Waals surface area contributed by atoms with Gasteiger partial charge in [-0.05, 0) is 30.7 Å². The van der Waals surface area contributed by atoms with Gasteiger partial charge in [-0.3, -0.25) is 0 Å². The smallest absolute Gasteiger partial charge is 0.407 e. The molecule has 1 heterocycles. The zero-order valence-corrected chi connectivity index (χ0v) is 12.8. The van der Waals surface area contributed by atoms with Crippen LogP contribution in [-0.2, 0) is 4.74 Å². The Kier molecular flexibility index (Phi) is 5.04. The Balaban J connectivity index is 2.24. The number of carbonyl (C=O) groups is 2. The quantitative estimate of drug-likeness (QED) is 0.868. The summed E-state index contributed by atoms with van der Waals surface area (Å²) in [5.41, 5.74) is 2.42. The number of methoxy groups -OCH3 is 1. The number of allylic oxidation sites excluding steroid dienone is 1. The molecule has 1 fully saturated rings. The number of carboxylic acid groups (broad SMARTS) is 1. The van der Waals surface area contributed by atoms with Crippen LogP contribution >= 0.6 is 0 Å². The number of nitrogens with zero attached hydrogens (tertiary/aromatic N) is 2. The van der Waals surface area contributed by atoms with E-state index >= 15 is 0 Å². The Morgan fingerprint density at radius 1 is 1.23 bits per heavy atom. The summed E-state index contributed by atoms with van der Waals surface area (Å²) in [4.78, 5) is 26.2. The van der Waals surface area contributed by atoms with Crippen LogP contribution in [0.2, 0.25) is 0 Å². The van der Waals surface area contributed by atoms with Gasteiger partial charge in [-0.15, -0.1) is 0 Å². The molecule has 0 unspecified atom stereocenters. The van der Waals surface area contributed by atoms with Crippen molar-refractivity contribution in [2.75, 3.05) is 38.2 Å². The molecule has 0 aliphatic carbocycles. The molecule has 1 aromatic carbocycles. The summed E-state index contributed by atoms with van der Waals surface area (Å²) in [7, 11) is 1.36. The van der Waals surface area contributed by atoms with Crippen LogP contribution in [0.3, 0.4) is 0 Å². The second-order valence-corrected chi connectivity index (χ2v) is 5.02. The predicted octanol–water partition coefficient (Wildman–Crippen LogP) is 2.31. The van der Waals surface area contributed by atoms with Gasteiger partial charge in [0.2, 0.25) is 0 Å². The van der Waals surface area contributed by atoms with E-state index in [1.165, 1.54) is 12.0 Å². The third-order valence-corrected chi connectivity index (χ3v) is 3.69. The zero-order chi connectivity index (χ0) is 16.1. The summed E-state index contributed by atoms with van der Waals surface area (Å²) in [6, 6.07) is 5.42. The molecule has 0 atom stereocenters. The van der Waals surface area contributed by atoms with Crippen LogP contribution in [0.1, 0.15) is 22.8 Å². The molecular weight excluding hydrogens is 284 g/mol. The van der Waals surface area contributed by atoms with Crippen LogP contribution in [-0.4, -0.2) is 55.4 Å². The average molecular weight is 304 g/mol. The Labute approximate surface area is 129 Å². The molecule has 0 aromatic heterocycles. The van der Waals surface area contributed by atoms with Crippen LogP contribution in [0.15, 0.2) is 24.3 Å². The fraction of sp³-hybridized carbons (Fsp3) is 0.375. The molecule has 1 aromatic rings. The highest BCUT2D eigenvalue weighted by molar-refractivity contribution is 5.91. The Hall–Kier alpha value is -2.50. The van der Waals surface area contributed by atoms with Gasteiger partial charge >= 0.3 is 12.1 Å². The number of piperazine rings is 1. The molecule has 6 nitrogen and oxygen atoms in total. The first-order chi connectivity index (χ1) is 10.6. The molecule has 0 bridgehead atoms. The van der Waals surface area contributed by atoms with E-state index in [9.17, 15) is 9.59 Å².